The van der Waals surface area contributed by atoms with Crippen molar-refractivity contribution in [2.75, 3.05) is 0 Å². The quantitative estimate of drug-likeness (QED) is 0.558. The Morgan fingerprint density at radius 3 is 1.35 bits per heavy atom. The first-order valence-electron chi connectivity index (χ1n) is 3.34. The highest BCUT2D eigenvalue weighted by Gasteiger charge is 2.65. The molecule has 0 radical (unpaired) electrons. The van der Waals surface area contributed by atoms with Crippen LogP contribution in [0, 0.1) is 0 Å². The van der Waals surface area contributed by atoms with Gasteiger partial charge in [-0.25, -0.2) is 0 Å². The Morgan fingerprint density at radius 1 is 0.765 bits per heavy atom. The molecule has 0 spiro atoms. The molecule has 11 heteroatoms. The van der Waals surface area contributed by atoms with Gasteiger partial charge in [0.15, 0.2) is 0 Å². The van der Waals surface area contributed by atoms with E-state index in [0.29, 0.717) is 0 Å². The summed E-state index contributed by atoms with van der Waals surface area (Å²) in [7, 11) is 0. The summed E-state index contributed by atoms with van der Waals surface area (Å²) in [5.74, 6) is -18.2. The number of ketones is 1. The van der Waals surface area contributed by atoms with Crippen molar-refractivity contribution in [1.29, 1.82) is 0 Å². The van der Waals surface area contributed by atoms with Crippen LogP contribution in [-0.4, -0.2) is 24.1 Å². The molecule has 0 saturated carbocycles. The van der Waals surface area contributed by atoms with Crippen molar-refractivity contribution >= 4 is 5.78 Å². The number of hydrogen-bond donors (Lipinski definition) is 0. The van der Waals surface area contributed by atoms with Gasteiger partial charge in [-0.1, -0.05) is 0 Å². The van der Waals surface area contributed by atoms with Crippen molar-refractivity contribution in [3.8, 4) is 0 Å². The lowest BCUT2D eigenvalue weighted by Crippen LogP contribution is -2.44. The Bertz CT molecular complexity index is 345. The molecule has 0 atom stereocenters. The van der Waals surface area contributed by atoms with E-state index in [-0.39, 0.29) is 0 Å². The van der Waals surface area contributed by atoms with Crippen LogP contribution in [0.15, 0.2) is 11.7 Å². The highest BCUT2D eigenvalue weighted by molar-refractivity contribution is 5.99. The summed E-state index contributed by atoms with van der Waals surface area (Å²) in [4.78, 5) is 10.1. The van der Waals surface area contributed by atoms with Crippen molar-refractivity contribution < 1.29 is 48.7 Å². The van der Waals surface area contributed by atoms with Gasteiger partial charge < -0.3 is 0 Å². The number of carbonyl (C=O) groups is 1. The van der Waals surface area contributed by atoms with Gasteiger partial charge in [0.1, 0.15) is 0 Å². The van der Waals surface area contributed by atoms with Gasteiger partial charge in [-0.2, -0.15) is 43.9 Å². The molecular formula is C6F10O. The summed E-state index contributed by atoms with van der Waals surface area (Å²) in [6, 6.07) is 0. The van der Waals surface area contributed by atoms with Crippen molar-refractivity contribution in [1.82, 2.24) is 0 Å². The van der Waals surface area contributed by atoms with Crippen LogP contribution >= 0.6 is 0 Å². The zero-order chi connectivity index (χ0) is 14.2. The van der Waals surface area contributed by atoms with Crippen LogP contribution in [0.3, 0.4) is 0 Å². The van der Waals surface area contributed by atoms with E-state index >= 15 is 0 Å². The number of halogens is 10. The normalized spacial score (nSPS) is 15.6. The molecule has 0 aliphatic rings. The third-order valence-corrected chi connectivity index (χ3v) is 1.28. The molecule has 0 bridgehead atoms. The van der Waals surface area contributed by atoms with E-state index in [1.165, 1.54) is 0 Å². The first-order chi connectivity index (χ1) is 7.23. The minimum atomic E-state index is -6.63. The Kier molecular flexibility index (Phi) is 3.87. The summed E-state index contributed by atoms with van der Waals surface area (Å²) in [6.07, 6.45) is -12.8. The number of hydrogen-bond acceptors (Lipinski definition) is 1. The lowest BCUT2D eigenvalue weighted by molar-refractivity contribution is -0.267. The fourth-order valence-electron chi connectivity index (χ4n) is 0.491. The summed E-state index contributed by atoms with van der Waals surface area (Å²) < 4.78 is 117. The van der Waals surface area contributed by atoms with Crippen LogP contribution in [0.4, 0.5) is 43.9 Å². The SMILES string of the molecule is O=C(C(F)=C(F)C(F)(F)F)C(F)(F)C(F)(F)F. The minimum absolute atomic E-state index is 3.83. The Morgan fingerprint density at radius 2 is 1.12 bits per heavy atom. The summed E-state index contributed by atoms with van der Waals surface area (Å²) in [6.45, 7) is 0. The van der Waals surface area contributed by atoms with Crippen LogP contribution in [0.5, 0.6) is 0 Å². The van der Waals surface area contributed by atoms with Gasteiger partial charge in [0, 0.05) is 0 Å². The van der Waals surface area contributed by atoms with E-state index in [2.05, 4.69) is 0 Å². The lowest BCUT2D eigenvalue weighted by Gasteiger charge is -2.17. The molecule has 0 aromatic rings. The van der Waals surface area contributed by atoms with E-state index in [9.17, 15) is 48.7 Å². The molecule has 0 aliphatic heterocycles. The summed E-state index contributed by atoms with van der Waals surface area (Å²) in [5, 5.41) is 0. The molecule has 0 amide bonds. The highest BCUT2D eigenvalue weighted by atomic mass is 19.4. The second-order valence-electron chi connectivity index (χ2n) is 2.53. The van der Waals surface area contributed by atoms with Gasteiger partial charge >= 0.3 is 18.3 Å². The molecular weight excluding hydrogens is 278 g/mol. The highest BCUT2D eigenvalue weighted by Crippen LogP contribution is 2.40. The lowest BCUT2D eigenvalue weighted by atomic mass is 10.1. The van der Waals surface area contributed by atoms with E-state index in [0.717, 1.165) is 0 Å². The van der Waals surface area contributed by atoms with Crippen LogP contribution in [0.25, 0.3) is 0 Å². The van der Waals surface area contributed by atoms with Crippen molar-refractivity contribution in [2.45, 2.75) is 18.3 Å². The van der Waals surface area contributed by atoms with Gasteiger partial charge in [0.2, 0.25) is 11.7 Å². The number of Topliss-reactive ketones (excluding diaryl/α,β-unsaturated/α-hetero) is 1. The number of carbonyl (C=O) groups excluding carboxylic acids is 1. The standard InChI is InChI=1S/C6F10O/c7-1(2(8)5(11,12)13)3(17)4(9,10)6(14,15)16. The molecule has 0 aromatic carbocycles. The molecule has 1 nitrogen and oxygen atoms in total. The summed E-state index contributed by atoms with van der Waals surface area (Å²) >= 11 is 0. The number of allylic oxidation sites excluding steroid dienone is 2. The van der Waals surface area contributed by atoms with Crippen molar-refractivity contribution in [2.24, 2.45) is 0 Å². The third kappa shape index (κ3) is 3.09. The molecule has 0 fully saturated rings. The van der Waals surface area contributed by atoms with E-state index in [4.69, 9.17) is 0 Å². The van der Waals surface area contributed by atoms with Gasteiger partial charge in [0.25, 0.3) is 5.78 Å². The molecule has 0 saturated heterocycles. The first kappa shape index (κ1) is 15.7. The molecule has 0 unspecified atom stereocenters. The van der Waals surface area contributed by atoms with Gasteiger partial charge in [-0.05, 0) is 0 Å². The second kappa shape index (κ2) is 4.18. The van der Waals surface area contributed by atoms with Gasteiger partial charge in [0.05, 0.1) is 0 Å². The Hall–Kier alpha value is -1.29. The van der Waals surface area contributed by atoms with E-state index in [1.807, 2.05) is 0 Å². The Balaban J connectivity index is 5.51. The monoisotopic (exact) mass is 278 g/mol. The molecule has 0 aliphatic carbocycles. The molecule has 0 aromatic heterocycles. The largest absolute Gasteiger partial charge is 0.461 e. The molecule has 0 heterocycles. The minimum Gasteiger partial charge on any atom is -0.284 e. The predicted octanol–water partition coefficient (Wildman–Crippen LogP) is 3.47. The fourth-order valence-corrected chi connectivity index (χ4v) is 0.491. The topological polar surface area (TPSA) is 17.1 Å². The third-order valence-electron chi connectivity index (χ3n) is 1.28. The Labute approximate surface area is 85.7 Å². The number of rotatable bonds is 2. The van der Waals surface area contributed by atoms with Gasteiger partial charge in [-0.15, -0.1) is 0 Å². The summed E-state index contributed by atoms with van der Waals surface area (Å²) in [5.41, 5.74) is 0. The fraction of sp³-hybridized carbons (Fsp3) is 0.500. The molecule has 100 valence electrons. The second-order valence-corrected chi connectivity index (χ2v) is 2.53. The number of alkyl halides is 8. The maximum absolute atomic E-state index is 12.2. The van der Waals surface area contributed by atoms with E-state index in [1.54, 1.807) is 0 Å². The average molecular weight is 278 g/mol. The molecule has 0 rings (SSSR count). The maximum Gasteiger partial charge on any atom is 0.461 e. The molecule has 17 heavy (non-hydrogen) atoms. The predicted molar refractivity (Wildman–Crippen MR) is 31.3 cm³/mol. The van der Waals surface area contributed by atoms with Crippen LogP contribution in [-0.2, 0) is 4.79 Å². The van der Waals surface area contributed by atoms with Crippen LogP contribution in [0.1, 0.15) is 0 Å². The zero-order valence-electron chi connectivity index (χ0n) is 7.19. The van der Waals surface area contributed by atoms with E-state index < -0.39 is 35.7 Å². The molecule has 0 N–H and O–H groups in total. The van der Waals surface area contributed by atoms with Crippen LogP contribution < -0.4 is 0 Å². The van der Waals surface area contributed by atoms with Crippen molar-refractivity contribution in [3.05, 3.63) is 11.7 Å². The van der Waals surface area contributed by atoms with Gasteiger partial charge in [-0.3, -0.25) is 4.79 Å². The van der Waals surface area contributed by atoms with Crippen LogP contribution in [0.2, 0.25) is 0 Å². The van der Waals surface area contributed by atoms with Crippen molar-refractivity contribution in [3.63, 3.8) is 0 Å². The smallest absolute Gasteiger partial charge is 0.284 e. The first-order valence-corrected chi connectivity index (χ1v) is 3.34. The average Bonchev–Trinajstić information content (AvgIpc) is 2.10. The maximum atomic E-state index is 12.2. The zero-order valence-corrected chi connectivity index (χ0v) is 7.19.